The Labute approximate surface area is 103 Å². The number of rotatable bonds is 3. The Kier molecular flexibility index (Phi) is 4.05. The van der Waals surface area contributed by atoms with Gasteiger partial charge in [-0.1, -0.05) is 13.3 Å². The molecule has 1 aliphatic rings. The molecule has 0 spiro atoms. The minimum absolute atomic E-state index is 0.499. The molecule has 0 amide bonds. The summed E-state index contributed by atoms with van der Waals surface area (Å²) in [6, 6.07) is 4.21. The molecule has 16 heavy (non-hydrogen) atoms. The average molecular weight is 239 g/mol. The fourth-order valence-corrected chi connectivity index (χ4v) is 2.51. The minimum Gasteiger partial charge on any atom is -0.371 e. The summed E-state index contributed by atoms with van der Waals surface area (Å²) >= 11 is 5.81. The van der Waals surface area contributed by atoms with E-state index in [0.29, 0.717) is 5.88 Å². The van der Waals surface area contributed by atoms with Crippen LogP contribution in [0.1, 0.15) is 31.9 Å². The monoisotopic (exact) mass is 238 g/mol. The molecule has 1 atom stereocenters. The van der Waals surface area contributed by atoms with Gasteiger partial charge in [0.2, 0.25) is 0 Å². The molecule has 3 heteroatoms. The van der Waals surface area contributed by atoms with Crippen LogP contribution in [0.25, 0.3) is 0 Å². The van der Waals surface area contributed by atoms with Gasteiger partial charge in [-0.15, -0.1) is 11.6 Å². The number of hydrogen-bond donors (Lipinski definition) is 0. The van der Waals surface area contributed by atoms with Gasteiger partial charge >= 0.3 is 0 Å². The van der Waals surface area contributed by atoms with E-state index in [1.54, 1.807) is 0 Å². The Morgan fingerprint density at radius 3 is 3.19 bits per heavy atom. The van der Waals surface area contributed by atoms with Crippen molar-refractivity contribution in [3.63, 3.8) is 0 Å². The van der Waals surface area contributed by atoms with Crippen molar-refractivity contribution in [2.24, 2.45) is 5.92 Å². The zero-order valence-corrected chi connectivity index (χ0v) is 10.6. The van der Waals surface area contributed by atoms with E-state index in [1.807, 2.05) is 6.20 Å². The second-order valence-electron chi connectivity index (χ2n) is 4.50. The number of hydrogen-bond acceptors (Lipinski definition) is 2. The third-order valence-electron chi connectivity index (χ3n) is 3.40. The highest BCUT2D eigenvalue weighted by Gasteiger charge is 2.18. The van der Waals surface area contributed by atoms with Crippen molar-refractivity contribution >= 4 is 17.3 Å². The van der Waals surface area contributed by atoms with Crippen molar-refractivity contribution in [3.8, 4) is 0 Å². The van der Waals surface area contributed by atoms with Crippen molar-refractivity contribution in [2.45, 2.75) is 32.1 Å². The second-order valence-corrected chi connectivity index (χ2v) is 4.77. The number of pyridine rings is 1. The van der Waals surface area contributed by atoms with Crippen LogP contribution in [0.2, 0.25) is 0 Å². The van der Waals surface area contributed by atoms with E-state index < -0.39 is 0 Å². The first-order valence-corrected chi connectivity index (χ1v) is 6.62. The lowest BCUT2D eigenvalue weighted by molar-refractivity contribution is 0.404. The maximum atomic E-state index is 5.81. The van der Waals surface area contributed by atoms with Gasteiger partial charge in [0.15, 0.2) is 0 Å². The molecule has 1 saturated heterocycles. The highest BCUT2D eigenvalue weighted by molar-refractivity contribution is 6.16. The molecule has 1 unspecified atom stereocenters. The van der Waals surface area contributed by atoms with Gasteiger partial charge in [0.05, 0.1) is 11.6 Å². The predicted molar refractivity (Wildman–Crippen MR) is 69.0 cm³/mol. The molecule has 1 aromatic rings. The van der Waals surface area contributed by atoms with Crippen LogP contribution < -0.4 is 4.90 Å². The van der Waals surface area contributed by atoms with Gasteiger partial charge in [-0.2, -0.15) is 0 Å². The molecule has 2 rings (SSSR count). The summed E-state index contributed by atoms with van der Waals surface area (Å²) < 4.78 is 0. The topological polar surface area (TPSA) is 16.1 Å². The lowest BCUT2D eigenvalue weighted by atomic mass is 9.95. The normalized spacial score (nSPS) is 21.1. The summed E-state index contributed by atoms with van der Waals surface area (Å²) in [7, 11) is 0. The molecule has 2 nitrogen and oxygen atoms in total. The van der Waals surface area contributed by atoms with E-state index in [-0.39, 0.29) is 0 Å². The zero-order valence-electron chi connectivity index (χ0n) is 9.82. The second kappa shape index (κ2) is 5.53. The number of nitrogens with zero attached hydrogens (tertiary/aromatic N) is 2. The van der Waals surface area contributed by atoms with Crippen LogP contribution >= 0.6 is 11.6 Å². The summed E-state index contributed by atoms with van der Waals surface area (Å²) in [6.45, 7) is 4.63. The summed E-state index contributed by atoms with van der Waals surface area (Å²) in [5.74, 6) is 1.35. The SMILES string of the molecule is CCC1CCCN(c2ccnc(CCl)c2)C1. The Balaban J connectivity index is 2.10. The van der Waals surface area contributed by atoms with Crippen LogP contribution in [0.4, 0.5) is 5.69 Å². The Morgan fingerprint density at radius 1 is 1.56 bits per heavy atom. The van der Waals surface area contributed by atoms with Gasteiger partial charge in [0, 0.05) is 25.0 Å². The van der Waals surface area contributed by atoms with Crippen molar-refractivity contribution in [2.75, 3.05) is 18.0 Å². The van der Waals surface area contributed by atoms with Gasteiger partial charge in [0.1, 0.15) is 0 Å². The Morgan fingerprint density at radius 2 is 2.44 bits per heavy atom. The molecule has 2 heterocycles. The Bertz CT molecular complexity index is 340. The molecule has 0 aromatic carbocycles. The maximum Gasteiger partial charge on any atom is 0.0648 e. The van der Waals surface area contributed by atoms with E-state index in [4.69, 9.17) is 11.6 Å². The standard InChI is InChI=1S/C13H19ClN2/c1-2-11-4-3-7-16(10-11)13-5-6-15-12(8-13)9-14/h5-6,8,11H,2-4,7,9-10H2,1H3. The summed E-state index contributed by atoms with van der Waals surface area (Å²) in [6.07, 6.45) is 5.82. The van der Waals surface area contributed by atoms with E-state index >= 15 is 0 Å². The molecule has 0 bridgehead atoms. The average Bonchev–Trinajstić information content (AvgIpc) is 2.39. The first-order chi connectivity index (χ1) is 7.83. The fraction of sp³-hybridized carbons (Fsp3) is 0.615. The van der Waals surface area contributed by atoms with Crippen LogP contribution in [0, 0.1) is 5.92 Å². The highest BCUT2D eigenvalue weighted by Crippen LogP contribution is 2.25. The van der Waals surface area contributed by atoms with Crippen LogP contribution in [-0.2, 0) is 5.88 Å². The molecule has 1 fully saturated rings. The van der Waals surface area contributed by atoms with Gasteiger partial charge < -0.3 is 4.90 Å². The lowest BCUT2D eigenvalue weighted by Gasteiger charge is -2.34. The van der Waals surface area contributed by atoms with E-state index in [2.05, 4.69) is 28.9 Å². The Hall–Kier alpha value is -0.760. The van der Waals surface area contributed by atoms with Crippen LogP contribution in [0.15, 0.2) is 18.3 Å². The van der Waals surface area contributed by atoms with Gasteiger partial charge in [-0.25, -0.2) is 0 Å². The third-order valence-corrected chi connectivity index (χ3v) is 3.67. The number of alkyl halides is 1. The lowest BCUT2D eigenvalue weighted by Crippen LogP contribution is -2.35. The molecular formula is C13H19ClN2. The minimum atomic E-state index is 0.499. The van der Waals surface area contributed by atoms with Crippen molar-refractivity contribution in [1.82, 2.24) is 4.98 Å². The highest BCUT2D eigenvalue weighted by atomic mass is 35.5. The zero-order chi connectivity index (χ0) is 11.4. The molecule has 1 aliphatic heterocycles. The molecule has 1 aromatic heterocycles. The largest absolute Gasteiger partial charge is 0.371 e. The number of piperidine rings is 1. The van der Waals surface area contributed by atoms with Gasteiger partial charge in [-0.05, 0) is 30.9 Å². The van der Waals surface area contributed by atoms with Crippen molar-refractivity contribution in [3.05, 3.63) is 24.0 Å². The smallest absolute Gasteiger partial charge is 0.0648 e. The number of halogens is 1. The third kappa shape index (κ3) is 2.67. The van der Waals surface area contributed by atoms with Crippen LogP contribution in [0.3, 0.4) is 0 Å². The molecule has 0 radical (unpaired) electrons. The van der Waals surface area contributed by atoms with E-state index in [9.17, 15) is 0 Å². The fourth-order valence-electron chi connectivity index (χ4n) is 2.37. The molecule has 0 saturated carbocycles. The van der Waals surface area contributed by atoms with Crippen LogP contribution in [-0.4, -0.2) is 18.1 Å². The molecule has 0 N–H and O–H groups in total. The van der Waals surface area contributed by atoms with Crippen molar-refractivity contribution in [1.29, 1.82) is 0 Å². The summed E-state index contributed by atoms with van der Waals surface area (Å²) in [5, 5.41) is 0. The summed E-state index contributed by atoms with van der Waals surface area (Å²) in [5.41, 5.74) is 2.25. The van der Waals surface area contributed by atoms with Crippen molar-refractivity contribution < 1.29 is 0 Å². The van der Waals surface area contributed by atoms with Gasteiger partial charge in [0.25, 0.3) is 0 Å². The first-order valence-electron chi connectivity index (χ1n) is 6.09. The maximum absolute atomic E-state index is 5.81. The first kappa shape index (κ1) is 11.7. The van der Waals surface area contributed by atoms with Gasteiger partial charge in [-0.3, -0.25) is 4.98 Å². The molecule has 88 valence electrons. The molecule has 0 aliphatic carbocycles. The molecular weight excluding hydrogens is 220 g/mol. The summed E-state index contributed by atoms with van der Waals surface area (Å²) in [4.78, 5) is 6.70. The van der Waals surface area contributed by atoms with E-state index in [1.165, 1.54) is 38.0 Å². The predicted octanol–water partition coefficient (Wildman–Crippen LogP) is 3.45. The van der Waals surface area contributed by atoms with E-state index in [0.717, 1.165) is 11.6 Å². The number of aromatic nitrogens is 1. The van der Waals surface area contributed by atoms with Crippen LogP contribution in [0.5, 0.6) is 0 Å². The number of anilines is 1. The quantitative estimate of drug-likeness (QED) is 0.750.